The van der Waals surface area contributed by atoms with Gasteiger partial charge in [0.15, 0.2) is 0 Å². The third kappa shape index (κ3) is 3.64. The van der Waals surface area contributed by atoms with Crippen LogP contribution in [-0.2, 0) is 11.2 Å². The van der Waals surface area contributed by atoms with Crippen LogP contribution in [0.2, 0.25) is 0 Å². The number of benzene rings is 1. The molecule has 0 aliphatic carbocycles. The summed E-state index contributed by atoms with van der Waals surface area (Å²) in [7, 11) is 1.40. The number of carbonyl (C=O) groups excluding carboxylic acids is 1. The largest absolute Gasteiger partial charge is 0.465 e. The van der Waals surface area contributed by atoms with Gasteiger partial charge in [-0.15, -0.1) is 11.3 Å². The lowest BCUT2D eigenvalue weighted by molar-refractivity contribution is 0.0600. The van der Waals surface area contributed by atoms with Crippen LogP contribution < -0.4 is 5.32 Å². The summed E-state index contributed by atoms with van der Waals surface area (Å²) >= 11 is 1.84. The van der Waals surface area contributed by atoms with Crippen LogP contribution in [0, 0.1) is 6.92 Å². The van der Waals surface area contributed by atoms with Gasteiger partial charge >= 0.3 is 5.97 Å². The minimum Gasteiger partial charge on any atom is -0.465 e. The van der Waals surface area contributed by atoms with Gasteiger partial charge in [0.1, 0.15) is 0 Å². The van der Waals surface area contributed by atoms with Gasteiger partial charge in [0.2, 0.25) is 0 Å². The normalized spacial score (nSPS) is 12.0. The molecule has 1 aromatic heterocycles. The second-order valence-corrected chi connectivity index (χ2v) is 6.24. The van der Waals surface area contributed by atoms with Crippen molar-refractivity contribution in [1.29, 1.82) is 0 Å². The standard InChI is InChI=1S/C17H21NO2S/c1-5-14-7-9-16(21-14)12(3)18-15-8-6-13(10-11(15)2)17(19)20-4/h6-10,12,18H,5H2,1-4H3. The fourth-order valence-corrected chi connectivity index (χ4v) is 3.15. The number of methoxy groups -OCH3 is 1. The van der Waals surface area contributed by atoms with Gasteiger partial charge < -0.3 is 10.1 Å². The molecule has 0 aliphatic heterocycles. The number of rotatable bonds is 5. The van der Waals surface area contributed by atoms with Crippen molar-refractivity contribution in [2.75, 3.05) is 12.4 Å². The quantitative estimate of drug-likeness (QED) is 0.822. The van der Waals surface area contributed by atoms with E-state index in [9.17, 15) is 4.79 Å². The van der Waals surface area contributed by atoms with Gasteiger partial charge in [-0.05, 0) is 56.2 Å². The molecule has 0 spiro atoms. The number of ether oxygens (including phenoxy) is 1. The van der Waals surface area contributed by atoms with Crippen LogP contribution in [0.15, 0.2) is 30.3 Å². The lowest BCUT2D eigenvalue weighted by Crippen LogP contribution is -2.07. The van der Waals surface area contributed by atoms with Crippen molar-refractivity contribution in [2.24, 2.45) is 0 Å². The van der Waals surface area contributed by atoms with Crippen LogP contribution in [0.5, 0.6) is 0 Å². The predicted octanol–water partition coefficient (Wildman–Crippen LogP) is 4.58. The summed E-state index contributed by atoms with van der Waals surface area (Å²) < 4.78 is 4.74. The lowest BCUT2D eigenvalue weighted by atomic mass is 10.1. The number of hydrogen-bond donors (Lipinski definition) is 1. The molecule has 1 N–H and O–H groups in total. The number of anilines is 1. The minimum absolute atomic E-state index is 0.248. The summed E-state index contributed by atoms with van der Waals surface area (Å²) in [6.45, 7) is 6.32. The van der Waals surface area contributed by atoms with E-state index in [0.717, 1.165) is 17.7 Å². The number of hydrogen-bond acceptors (Lipinski definition) is 4. The maximum Gasteiger partial charge on any atom is 0.337 e. The van der Waals surface area contributed by atoms with Gasteiger partial charge in [-0.25, -0.2) is 4.79 Å². The molecule has 0 bridgehead atoms. The van der Waals surface area contributed by atoms with Crippen molar-refractivity contribution in [2.45, 2.75) is 33.2 Å². The average molecular weight is 303 g/mol. The Morgan fingerprint density at radius 1 is 1.33 bits per heavy atom. The number of aryl methyl sites for hydroxylation is 2. The van der Waals surface area contributed by atoms with Crippen LogP contribution in [-0.4, -0.2) is 13.1 Å². The Morgan fingerprint density at radius 2 is 2.10 bits per heavy atom. The molecule has 21 heavy (non-hydrogen) atoms. The third-order valence-corrected chi connectivity index (χ3v) is 4.89. The van der Waals surface area contributed by atoms with Crippen LogP contribution in [0.4, 0.5) is 5.69 Å². The topological polar surface area (TPSA) is 38.3 Å². The van der Waals surface area contributed by atoms with E-state index >= 15 is 0 Å². The molecule has 0 amide bonds. The molecular weight excluding hydrogens is 282 g/mol. The van der Waals surface area contributed by atoms with Gasteiger partial charge in [0.25, 0.3) is 0 Å². The highest BCUT2D eigenvalue weighted by atomic mass is 32.1. The Morgan fingerprint density at radius 3 is 2.67 bits per heavy atom. The number of thiophene rings is 1. The van der Waals surface area contributed by atoms with Crippen LogP contribution in [0.25, 0.3) is 0 Å². The van der Waals surface area contributed by atoms with E-state index in [4.69, 9.17) is 4.74 Å². The van der Waals surface area contributed by atoms with E-state index in [1.807, 2.05) is 30.4 Å². The van der Waals surface area contributed by atoms with Gasteiger partial charge in [0.05, 0.1) is 18.7 Å². The van der Waals surface area contributed by atoms with Gasteiger partial charge in [0, 0.05) is 15.4 Å². The zero-order chi connectivity index (χ0) is 15.4. The minimum atomic E-state index is -0.302. The summed E-state index contributed by atoms with van der Waals surface area (Å²) in [5, 5.41) is 3.51. The lowest BCUT2D eigenvalue weighted by Gasteiger charge is -2.16. The Labute approximate surface area is 130 Å². The van der Waals surface area contributed by atoms with Crippen molar-refractivity contribution >= 4 is 23.0 Å². The van der Waals surface area contributed by atoms with Gasteiger partial charge in [-0.2, -0.15) is 0 Å². The summed E-state index contributed by atoms with van der Waals surface area (Å²) in [5.41, 5.74) is 2.66. The Bertz CT molecular complexity index is 633. The number of carbonyl (C=O) groups is 1. The fourth-order valence-electron chi connectivity index (χ4n) is 2.19. The van der Waals surface area contributed by atoms with Gasteiger partial charge in [-0.1, -0.05) is 6.92 Å². The van der Waals surface area contributed by atoms with Crippen molar-refractivity contribution in [3.8, 4) is 0 Å². The maximum absolute atomic E-state index is 11.5. The zero-order valence-electron chi connectivity index (χ0n) is 12.9. The van der Waals surface area contributed by atoms with E-state index in [-0.39, 0.29) is 12.0 Å². The second kappa shape index (κ2) is 6.76. The molecule has 1 atom stereocenters. The monoisotopic (exact) mass is 303 g/mol. The molecule has 112 valence electrons. The average Bonchev–Trinajstić information content (AvgIpc) is 2.97. The molecular formula is C17H21NO2S. The van der Waals surface area contributed by atoms with Crippen molar-refractivity contribution in [3.05, 3.63) is 51.2 Å². The molecule has 1 aromatic carbocycles. The summed E-state index contributed by atoms with van der Waals surface area (Å²) in [4.78, 5) is 14.2. The second-order valence-electron chi connectivity index (χ2n) is 5.04. The summed E-state index contributed by atoms with van der Waals surface area (Å²) in [6, 6.07) is 10.2. The van der Waals surface area contributed by atoms with E-state index in [1.54, 1.807) is 6.07 Å². The Kier molecular flexibility index (Phi) is 5.02. The highest BCUT2D eigenvalue weighted by Gasteiger charge is 2.11. The molecule has 0 radical (unpaired) electrons. The highest BCUT2D eigenvalue weighted by Crippen LogP contribution is 2.28. The van der Waals surface area contributed by atoms with E-state index in [1.165, 1.54) is 16.9 Å². The first-order chi connectivity index (χ1) is 10.0. The first-order valence-electron chi connectivity index (χ1n) is 7.09. The molecule has 0 fully saturated rings. The Balaban J connectivity index is 2.13. The Hall–Kier alpha value is -1.81. The first kappa shape index (κ1) is 15.6. The molecule has 2 rings (SSSR count). The molecule has 4 heteroatoms. The molecule has 0 saturated carbocycles. The maximum atomic E-state index is 11.5. The molecule has 1 heterocycles. The van der Waals surface area contributed by atoms with Crippen LogP contribution in [0.3, 0.4) is 0 Å². The molecule has 0 aliphatic rings. The van der Waals surface area contributed by atoms with Crippen LogP contribution in [0.1, 0.15) is 45.6 Å². The predicted molar refractivity (Wildman–Crippen MR) is 88.3 cm³/mol. The fraction of sp³-hybridized carbons (Fsp3) is 0.353. The smallest absolute Gasteiger partial charge is 0.337 e. The van der Waals surface area contributed by atoms with E-state index < -0.39 is 0 Å². The first-order valence-corrected chi connectivity index (χ1v) is 7.91. The number of nitrogens with one attached hydrogen (secondary N) is 1. The van der Waals surface area contributed by atoms with Crippen molar-refractivity contribution < 1.29 is 9.53 Å². The zero-order valence-corrected chi connectivity index (χ0v) is 13.7. The summed E-state index contributed by atoms with van der Waals surface area (Å²) in [6.07, 6.45) is 1.07. The SMILES string of the molecule is CCc1ccc(C(C)Nc2ccc(C(=O)OC)cc2C)s1. The molecule has 0 saturated heterocycles. The number of esters is 1. The van der Waals surface area contributed by atoms with E-state index in [0.29, 0.717) is 5.56 Å². The van der Waals surface area contributed by atoms with Crippen LogP contribution >= 0.6 is 11.3 Å². The van der Waals surface area contributed by atoms with Crippen molar-refractivity contribution in [3.63, 3.8) is 0 Å². The summed E-state index contributed by atoms with van der Waals surface area (Å²) in [5.74, 6) is -0.302. The van der Waals surface area contributed by atoms with Crippen molar-refractivity contribution in [1.82, 2.24) is 0 Å². The molecule has 2 aromatic rings. The van der Waals surface area contributed by atoms with E-state index in [2.05, 4.69) is 31.3 Å². The third-order valence-electron chi connectivity index (χ3n) is 3.48. The molecule has 1 unspecified atom stereocenters. The highest BCUT2D eigenvalue weighted by molar-refractivity contribution is 7.12. The molecule has 3 nitrogen and oxygen atoms in total. The van der Waals surface area contributed by atoms with Gasteiger partial charge in [-0.3, -0.25) is 0 Å².